The van der Waals surface area contributed by atoms with Crippen molar-refractivity contribution < 1.29 is 28.6 Å². The number of carbonyl (C=O) groups is 3. The van der Waals surface area contributed by atoms with Gasteiger partial charge in [0.25, 0.3) is 11.8 Å². The van der Waals surface area contributed by atoms with Gasteiger partial charge in [0.1, 0.15) is 5.70 Å². The Morgan fingerprint density at radius 2 is 1.53 bits per heavy atom. The van der Waals surface area contributed by atoms with Gasteiger partial charge in [-0.05, 0) is 73.2 Å². The molecule has 3 N–H and O–H groups in total. The van der Waals surface area contributed by atoms with Crippen LogP contribution < -0.4 is 30.2 Å². The van der Waals surface area contributed by atoms with Crippen molar-refractivity contribution in [2.45, 2.75) is 17.1 Å². The number of rotatable bonds is 12. The number of hydrogen-bond acceptors (Lipinski definition) is 9. The maximum atomic E-state index is 13.7. The maximum absolute atomic E-state index is 13.7. The van der Waals surface area contributed by atoms with Crippen LogP contribution >= 0.6 is 23.1 Å². The van der Waals surface area contributed by atoms with Crippen LogP contribution in [0.15, 0.2) is 102 Å². The van der Waals surface area contributed by atoms with Crippen molar-refractivity contribution in [3.63, 3.8) is 0 Å². The molecule has 0 saturated heterocycles. The normalized spacial score (nSPS) is 11.8. The zero-order valence-corrected chi connectivity index (χ0v) is 27.7. The topological polar surface area (TPSA) is 128 Å². The highest BCUT2D eigenvalue weighted by molar-refractivity contribution is 8.00. The molecule has 10 nitrogen and oxygen atoms in total. The van der Waals surface area contributed by atoms with E-state index in [0.29, 0.717) is 39.2 Å². The van der Waals surface area contributed by atoms with E-state index in [1.807, 2.05) is 30.3 Å². The average Bonchev–Trinajstić information content (AvgIpc) is 3.50. The lowest BCUT2D eigenvalue weighted by atomic mass is 10.1. The summed E-state index contributed by atoms with van der Waals surface area (Å²) in [5, 5.41) is 8.58. The van der Waals surface area contributed by atoms with Crippen LogP contribution in [0.25, 0.3) is 16.3 Å². The monoisotopic (exact) mass is 668 g/mol. The van der Waals surface area contributed by atoms with Crippen LogP contribution in [-0.4, -0.2) is 49.3 Å². The number of thiazole rings is 1. The predicted molar refractivity (Wildman–Crippen MR) is 187 cm³/mol. The summed E-state index contributed by atoms with van der Waals surface area (Å²) < 4.78 is 17.3. The number of nitrogens with zero attached hydrogens (tertiary/aromatic N) is 1. The van der Waals surface area contributed by atoms with Crippen molar-refractivity contribution in [1.82, 2.24) is 10.3 Å². The molecule has 0 aliphatic carbocycles. The van der Waals surface area contributed by atoms with Crippen LogP contribution in [0.3, 0.4) is 0 Å². The first-order chi connectivity index (χ1) is 22.8. The molecule has 5 rings (SSSR count). The van der Waals surface area contributed by atoms with E-state index in [2.05, 4.69) is 20.9 Å². The van der Waals surface area contributed by atoms with Crippen molar-refractivity contribution in [3.05, 3.63) is 108 Å². The van der Waals surface area contributed by atoms with Gasteiger partial charge >= 0.3 is 0 Å². The van der Waals surface area contributed by atoms with Crippen molar-refractivity contribution in [2.75, 3.05) is 32.0 Å². The fourth-order valence-corrected chi connectivity index (χ4v) is 6.32. The second kappa shape index (κ2) is 15.3. The van der Waals surface area contributed by atoms with Crippen molar-refractivity contribution in [1.29, 1.82) is 0 Å². The van der Waals surface area contributed by atoms with Crippen molar-refractivity contribution in [3.8, 4) is 17.2 Å². The molecule has 3 amide bonds. The molecule has 47 heavy (non-hydrogen) atoms. The molecule has 1 atom stereocenters. The van der Waals surface area contributed by atoms with Crippen LogP contribution in [-0.2, 0) is 9.59 Å². The largest absolute Gasteiger partial charge is 0.493 e. The zero-order valence-electron chi connectivity index (χ0n) is 26.0. The highest BCUT2D eigenvalue weighted by Crippen LogP contribution is 2.39. The van der Waals surface area contributed by atoms with Gasteiger partial charge in [0, 0.05) is 16.1 Å². The molecule has 0 saturated carbocycles. The number of nitrogens with one attached hydrogen (secondary N) is 3. The molecule has 0 spiro atoms. The van der Waals surface area contributed by atoms with Gasteiger partial charge in [-0.15, -0.1) is 11.8 Å². The summed E-state index contributed by atoms with van der Waals surface area (Å²) in [6, 6.07) is 26.7. The molecule has 0 bridgehead atoms. The Morgan fingerprint density at radius 3 is 2.21 bits per heavy atom. The Bertz CT molecular complexity index is 1890. The van der Waals surface area contributed by atoms with E-state index in [9.17, 15) is 14.4 Å². The minimum absolute atomic E-state index is 0.0187. The van der Waals surface area contributed by atoms with Gasteiger partial charge in [0.2, 0.25) is 11.7 Å². The Hall–Kier alpha value is -5.33. The van der Waals surface area contributed by atoms with Crippen LogP contribution in [0.1, 0.15) is 22.8 Å². The first-order valence-electron chi connectivity index (χ1n) is 14.4. The van der Waals surface area contributed by atoms with E-state index >= 15 is 0 Å². The number of methoxy groups -OCH3 is 3. The summed E-state index contributed by atoms with van der Waals surface area (Å²) >= 11 is 2.75. The Balaban J connectivity index is 1.34. The summed E-state index contributed by atoms with van der Waals surface area (Å²) in [4.78, 5) is 45.0. The molecule has 0 aliphatic rings. The van der Waals surface area contributed by atoms with Crippen LogP contribution in [0.5, 0.6) is 17.2 Å². The fourth-order valence-electron chi connectivity index (χ4n) is 4.53. The van der Waals surface area contributed by atoms with Gasteiger partial charge in [-0.1, -0.05) is 47.7 Å². The molecule has 0 fully saturated rings. The lowest BCUT2D eigenvalue weighted by molar-refractivity contribution is -0.115. The third kappa shape index (κ3) is 8.29. The molecular weight excluding hydrogens is 637 g/mol. The van der Waals surface area contributed by atoms with E-state index in [-0.39, 0.29) is 11.6 Å². The van der Waals surface area contributed by atoms with E-state index in [4.69, 9.17) is 14.2 Å². The van der Waals surface area contributed by atoms with E-state index in [1.54, 1.807) is 67.6 Å². The van der Waals surface area contributed by atoms with E-state index in [0.717, 1.165) is 15.1 Å². The molecule has 0 radical (unpaired) electrons. The number of thioether (sulfide) groups is 1. The summed E-state index contributed by atoms with van der Waals surface area (Å²) in [5.41, 5.74) is 2.19. The van der Waals surface area contributed by atoms with Gasteiger partial charge in [0.05, 0.1) is 36.8 Å². The number of aromatic nitrogens is 1. The molecule has 4 aromatic carbocycles. The Kier molecular flexibility index (Phi) is 10.8. The molecule has 0 aliphatic heterocycles. The second-order valence-corrected chi connectivity index (χ2v) is 12.5. The lowest BCUT2D eigenvalue weighted by Crippen LogP contribution is -2.30. The van der Waals surface area contributed by atoms with Gasteiger partial charge < -0.3 is 30.2 Å². The first kappa shape index (κ1) is 33.0. The second-order valence-electron chi connectivity index (χ2n) is 10.1. The molecule has 5 aromatic rings. The van der Waals surface area contributed by atoms with Gasteiger partial charge in [-0.25, -0.2) is 4.98 Å². The summed E-state index contributed by atoms with van der Waals surface area (Å²) in [7, 11) is 4.48. The molecule has 1 aromatic heterocycles. The van der Waals surface area contributed by atoms with Crippen molar-refractivity contribution >= 4 is 67.9 Å². The maximum Gasteiger partial charge on any atom is 0.272 e. The van der Waals surface area contributed by atoms with Crippen molar-refractivity contribution in [2.24, 2.45) is 0 Å². The minimum Gasteiger partial charge on any atom is -0.493 e. The highest BCUT2D eigenvalue weighted by atomic mass is 32.2. The number of carbonyl (C=O) groups excluding carboxylic acids is 3. The molecule has 1 heterocycles. The van der Waals surface area contributed by atoms with E-state index < -0.39 is 17.1 Å². The number of benzene rings is 4. The molecule has 240 valence electrons. The van der Waals surface area contributed by atoms with E-state index in [1.165, 1.54) is 50.5 Å². The predicted octanol–water partition coefficient (Wildman–Crippen LogP) is 6.85. The summed E-state index contributed by atoms with van der Waals surface area (Å²) in [6.45, 7) is 1.80. The van der Waals surface area contributed by atoms with Gasteiger partial charge in [-0.2, -0.15) is 0 Å². The minimum atomic E-state index is -0.563. The Morgan fingerprint density at radius 1 is 0.830 bits per heavy atom. The molecule has 1 unspecified atom stereocenters. The quantitative estimate of drug-likeness (QED) is 0.0973. The first-order valence-corrected chi connectivity index (χ1v) is 16.1. The van der Waals surface area contributed by atoms with Crippen LogP contribution in [0.2, 0.25) is 0 Å². The number of ether oxygens (including phenoxy) is 3. The van der Waals surface area contributed by atoms with Crippen LogP contribution in [0, 0.1) is 0 Å². The molecular formula is C35H32N4O6S2. The standard InChI is InChI=1S/C35H32N4O6S2/c1-21(32(40)39-35-38-26-15-8-9-16-30(26)47-35)46-25-14-10-13-24(20-25)36-34(42)27(37-33(41)23-11-6-5-7-12-23)17-22-18-28(43-2)31(45-4)29(19-22)44-3/h5-21H,1-4H3,(H,36,42)(H,37,41)(H,38,39,40)/b27-17+. The SMILES string of the molecule is COc1cc(/C=C(/NC(=O)c2ccccc2)C(=O)Nc2cccc(SC(C)C(=O)Nc3nc4ccccc4s3)c2)cc(OC)c1OC. The number of anilines is 2. The number of fused-ring (bicyclic) bond motifs is 1. The van der Waals surface area contributed by atoms with Crippen LogP contribution in [0.4, 0.5) is 10.8 Å². The smallest absolute Gasteiger partial charge is 0.272 e. The Labute approximate surface area is 280 Å². The fraction of sp³-hybridized carbons (Fsp3) is 0.143. The average molecular weight is 669 g/mol. The summed E-state index contributed by atoms with van der Waals surface area (Å²) in [5.74, 6) is -0.0495. The zero-order chi connectivity index (χ0) is 33.3. The molecule has 12 heteroatoms. The summed E-state index contributed by atoms with van der Waals surface area (Å²) in [6.07, 6.45) is 1.52. The third-order valence-corrected chi connectivity index (χ3v) is 8.87. The number of hydrogen-bond donors (Lipinski definition) is 3. The lowest BCUT2D eigenvalue weighted by Gasteiger charge is -2.15. The van der Waals surface area contributed by atoms with Gasteiger partial charge in [-0.3, -0.25) is 14.4 Å². The number of amides is 3. The van der Waals surface area contributed by atoms with Gasteiger partial charge in [0.15, 0.2) is 16.6 Å². The third-order valence-electron chi connectivity index (χ3n) is 6.82. The number of para-hydroxylation sites is 1. The highest BCUT2D eigenvalue weighted by Gasteiger charge is 2.20.